The maximum atomic E-state index is 11.8. The van der Waals surface area contributed by atoms with Crippen LogP contribution in [0.25, 0.3) is 0 Å². The van der Waals surface area contributed by atoms with Gasteiger partial charge in [0.1, 0.15) is 5.78 Å². The van der Waals surface area contributed by atoms with Crippen molar-refractivity contribution in [2.24, 2.45) is 5.92 Å². The van der Waals surface area contributed by atoms with Gasteiger partial charge in [-0.25, -0.2) is 0 Å². The van der Waals surface area contributed by atoms with Crippen molar-refractivity contribution >= 4 is 23.3 Å². The van der Waals surface area contributed by atoms with E-state index in [0.29, 0.717) is 31.6 Å². The van der Waals surface area contributed by atoms with Crippen LogP contribution in [0, 0.1) is 5.92 Å². The fraction of sp³-hybridized carbons (Fsp3) is 0.591. The Morgan fingerprint density at radius 2 is 1.37 bits per heavy atom. The highest BCUT2D eigenvalue weighted by Gasteiger charge is 2.07. The molecule has 5 heteroatoms. The number of hydrogen-bond acceptors (Lipinski definition) is 3. The van der Waals surface area contributed by atoms with E-state index in [2.05, 4.69) is 10.6 Å². The summed E-state index contributed by atoms with van der Waals surface area (Å²) in [5.41, 5.74) is 0.823. The first kappa shape index (κ1) is 22.9. The van der Waals surface area contributed by atoms with Crippen molar-refractivity contribution in [1.82, 2.24) is 5.32 Å². The van der Waals surface area contributed by atoms with Crippen molar-refractivity contribution in [2.45, 2.75) is 71.6 Å². The summed E-state index contributed by atoms with van der Waals surface area (Å²) in [7, 11) is 0. The number of hydrogen-bond donors (Lipinski definition) is 2. The van der Waals surface area contributed by atoms with Crippen molar-refractivity contribution in [2.75, 3.05) is 11.9 Å². The van der Waals surface area contributed by atoms with Gasteiger partial charge < -0.3 is 10.6 Å². The Labute approximate surface area is 163 Å². The van der Waals surface area contributed by atoms with E-state index in [0.717, 1.165) is 44.2 Å². The van der Waals surface area contributed by atoms with Crippen LogP contribution in [0.5, 0.6) is 0 Å². The van der Waals surface area contributed by atoms with Gasteiger partial charge in [0.2, 0.25) is 11.8 Å². The van der Waals surface area contributed by atoms with Gasteiger partial charge in [-0.3, -0.25) is 14.4 Å². The number of carbonyl (C=O) groups is 3. The topological polar surface area (TPSA) is 75.3 Å². The van der Waals surface area contributed by atoms with Gasteiger partial charge in [-0.2, -0.15) is 0 Å². The summed E-state index contributed by atoms with van der Waals surface area (Å²) in [5.74, 6) is 0.516. The summed E-state index contributed by atoms with van der Waals surface area (Å²) in [5, 5.41) is 5.79. The molecule has 2 amide bonds. The van der Waals surface area contributed by atoms with Gasteiger partial charge >= 0.3 is 0 Å². The molecule has 1 rings (SSSR count). The number of carbonyl (C=O) groups excluding carboxylic acids is 3. The lowest BCUT2D eigenvalue weighted by Gasteiger charge is -2.07. The highest BCUT2D eigenvalue weighted by Crippen LogP contribution is 2.09. The minimum absolute atomic E-state index is 0.0289. The standard InChI is InChI=1S/C22H34N2O3/c1-18(2)20(25)14-8-4-9-15-21(26)23-17-11-5-10-16-22(27)24-19-12-6-3-7-13-19/h3,6-7,12-13,18H,4-5,8-11,14-17H2,1-2H3,(H,23,26)(H,24,27). The molecule has 0 aliphatic rings. The van der Waals surface area contributed by atoms with Gasteiger partial charge in [-0.05, 0) is 37.8 Å². The molecule has 27 heavy (non-hydrogen) atoms. The molecular weight excluding hydrogens is 340 g/mol. The maximum Gasteiger partial charge on any atom is 0.224 e. The largest absolute Gasteiger partial charge is 0.356 e. The van der Waals surface area contributed by atoms with Crippen LogP contribution in [0.2, 0.25) is 0 Å². The first-order valence-corrected chi connectivity index (χ1v) is 10.1. The second-order valence-electron chi connectivity index (χ2n) is 7.26. The van der Waals surface area contributed by atoms with Crippen LogP contribution in [0.15, 0.2) is 30.3 Å². The van der Waals surface area contributed by atoms with Crippen LogP contribution < -0.4 is 10.6 Å². The SMILES string of the molecule is CC(C)C(=O)CCCCCC(=O)NCCCCCC(=O)Nc1ccccc1. The molecule has 0 heterocycles. The van der Waals surface area contributed by atoms with Gasteiger partial charge in [-0.1, -0.05) is 44.9 Å². The Balaban J connectivity index is 1.93. The number of rotatable bonds is 14. The highest BCUT2D eigenvalue weighted by molar-refractivity contribution is 5.90. The Morgan fingerprint density at radius 1 is 0.778 bits per heavy atom. The van der Waals surface area contributed by atoms with Gasteiger partial charge in [0.25, 0.3) is 0 Å². The molecular formula is C22H34N2O3. The zero-order valence-corrected chi connectivity index (χ0v) is 16.8. The van der Waals surface area contributed by atoms with E-state index in [4.69, 9.17) is 0 Å². The molecule has 0 aliphatic heterocycles. The molecule has 0 bridgehead atoms. The van der Waals surface area contributed by atoms with Crippen molar-refractivity contribution in [3.05, 3.63) is 30.3 Å². The van der Waals surface area contributed by atoms with Crippen molar-refractivity contribution in [1.29, 1.82) is 0 Å². The number of benzene rings is 1. The van der Waals surface area contributed by atoms with E-state index in [-0.39, 0.29) is 17.7 Å². The van der Waals surface area contributed by atoms with E-state index in [1.807, 2.05) is 44.2 Å². The van der Waals surface area contributed by atoms with Crippen LogP contribution in [-0.2, 0) is 14.4 Å². The quantitative estimate of drug-likeness (QED) is 0.472. The van der Waals surface area contributed by atoms with Crippen LogP contribution >= 0.6 is 0 Å². The number of ketones is 1. The highest BCUT2D eigenvalue weighted by atomic mass is 16.2. The average molecular weight is 375 g/mol. The van der Waals surface area contributed by atoms with E-state index in [1.54, 1.807) is 0 Å². The number of amides is 2. The third kappa shape index (κ3) is 11.9. The Hall–Kier alpha value is -2.17. The number of nitrogens with one attached hydrogen (secondary N) is 2. The van der Waals surface area contributed by atoms with E-state index in [1.165, 1.54) is 0 Å². The molecule has 0 aliphatic carbocycles. The van der Waals surface area contributed by atoms with Crippen molar-refractivity contribution < 1.29 is 14.4 Å². The summed E-state index contributed by atoms with van der Waals surface area (Å²) in [6.07, 6.45) is 6.88. The van der Waals surface area contributed by atoms with Gasteiger partial charge in [0.05, 0.1) is 0 Å². The van der Waals surface area contributed by atoms with Crippen LogP contribution in [0.4, 0.5) is 5.69 Å². The van der Waals surface area contributed by atoms with Crippen molar-refractivity contribution in [3.8, 4) is 0 Å². The molecule has 0 spiro atoms. The lowest BCUT2D eigenvalue weighted by Crippen LogP contribution is -2.24. The van der Waals surface area contributed by atoms with Gasteiger partial charge in [0.15, 0.2) is 0 Å². The smallest absolute Gasteiger partial charge is 0.224 e. The summed E-state index contributed by atoms with van der Waals surface area (Å²) < 4.78 is 0. The molecule has 0 saturated heterocycles. The molecule has 0 aromatic heterocycles. The molecule has 0 atom stereocenters. The van der Waals surface area contributed by atoms with E-state index < -0.39 is 0 Å². The molecule has 150 valence electrons. The van der Waals surface area contributed by atoms with Crippen LogP contribution in [0.1, 0.15) is 71.6 Å². The third-order valence-corrected chi connectivity index (χ3v) is 4.43. The first-order chi connectivity index (χ1) is 13.0. The normalized spacial score (nSPS) is 10.6. The molecule has 1 aromatic rings. The zero-order valence-electron chi connectivity index (χ0n) is 16.8. The lowest BCUT2D eigenvalue weighted by atomic mass is 10.0. The second kappa shape index (κ2) is 14.0. The van der Waals surface area contributed by atoms with Crippen molar-refractivity contribution in [3.63, 3.8) is 0 Å². The Kier molecular flexibility index (Phi) is 11.8. The fourth-order valence-corrected chi connectivity index (χ4v) is 2.70. The molecule has 2 N–H and O–H groups in total. The lowest BCUT2D eigenvalue weighted by molar-refractivity contribution is -0.122. The molecule has 0 unspecified atom stereocenters. The number of Topliss-reactive ketones (excluding diaryl/α,β-unsaturated/α-hetero) is 1. The molecule has 1 aromatic carbocycles. The predicted octanol–water partition coefficient (Wildman–Crippen LogP) is 4.48. The second-order valence-corrected chi connectivity index (χ2v) is 7.26. The number of anilines is 1. The van der Waals surface area contributed by atoms with Crippen LogP contribution in [-0.4, -0.2) is 24.1 Å². The maximum absolute atomic E-state index is 11.8. The number of unbranched alkanes of at least 4 members (excludes halogenated alkanes) is 4. The summed E-state index contributed by atoms with van der Waals surface area (Å²) in [4.78, 5) is 35.0. The number of para-hydroxylation sites is 1. The summed E-state index contributed by atoms with van der Waals surface area (Å²) in [6, 6.07) is 9.44. The predicted molar refractivity (Wildman–Crippen MR) is 109 cm³/mol. The summed E-state index contributed by atoms with van der Waals surface area (Å²) in [6.45, 7) is 4.50. The van der Waals surface area contributed by atoms with Gasteiger partial charge in [0, 0.05) is 37.4 Å². The Bertz CT molecular complexity index is 570. The van der Waals surface area contributed by atoms with Crippen LogP contribution in [0.3, 0.4) is 0 Å². The zero-order chi connectivity index (χ0) is 19.9. The minimum Gasteiger partial charge on any atom is -0.356 e. The average Bonchev–Trinajstić information content (AvgIpc) is 2.64. The summed E-state index contributed by atoms with van der Waals surface area (Å²) >= 11 is 0. The van der Waals surface area contributed by atoms with Gasteiger partial charge in [-0.15, -0.1) is 0 Å². The fourth-order valence-electron chi connectivity index (χ4n) is 2.70. The van der Waals surface area contributed by atoms with E-state index in [9.17, 15) is 14.4 Å². The molecule has 0 fully saturated rings. The Morgan fingerprint density at radius 3 is 2.04 bits per heavy atom. The monoisotopic (exact) mass is 374 g/mol. The third-order valence-electron chi connectivity index (χ3n) is 4.43. The van der Waals surface area contributed by atoms with E-state index >= 15 is 0 Å². The molecule has 0 radical (unpaired) electrons. The first-order valence-electron chi connectivity index (χ1n) is 10.1. The minimum atomic E-state index is 0.0289. The molecule has 0 saturated carbocycles. The molecule has 5 nitrogen and oxygen atoms in total.